The average Bonchev–Trinajstić information content (AvgIpc) is 3.00. The van der Waals surface area contributed by atoms with Crippen molar-refractivity contribution in [1.29, 1.82) is 0 Å². The summed E-state index contributed by atoms with van der Waals surface area (Å²) >= 11 is 4.46. The number of rotatable bonds is 4. The van der Waals surface area contributed by atoms with Gasteiger partial charge in [-0.3, -0.25) is 9.59 Å². The summed E-state index contributed by atoms with van der Waals surface area (Å²) in [6, 6.07) is 6.03. The van der Waals surface area contributed by atoms with E-state index < -0.39 is 17.9 Å². The Kier molecular flexibility index (Phi) is 5.43. The minimum absolute atomic E-state index is 0.217. The van der Waals surface area contributed by atoms with Crippen molar-refractivity contribution in [3.8, 4) is 0 Å². The summed E-state index contributed by atoms with van der Waals surface area (Å²) in [6.45, 7) is 1.70. The van der Waals surface area contributed by atoms with E-state index in [0.717, 1.165) is 15.8 Å². The summed E-state index contributed by atoms with van der Waals surface area (Å²) in [5.74, 6) is -1.05. The predicted octanol–water partition coefficient (Wildman–Crippen LogP) is 2.71. The fourth-order valence-corrected chi connectivity index (χ4v) is 3.98. The quantitative estimate of drug-likeness (QED) is 0.618. The number of carbonyl (C=O) groups is 2. The number of carbonyl (C=O) groups excluding carboxylic acids is 2. The molecular formula is C18H16BrN3O4S. The van der Waals surface area contributed by atoms with Gasteiger partial charge in [0.25, 0.3) is 11.5 Å². The molecule has 3 rings (SSSR count). The molecule has 9 heteroatoms. The van der Waals surface area contributed by atoms with Crippen LogP contribution in [0.4, 0.5) is 0 Å². The normalized spacial score (nSPS) is 12.0. The van der Waals surface area contributed by atoms with Crippen molar-refractivity contribution < 1.29 is 14.3 Å². The van der Waals surface area contributed by atoms with Crippen molar-refractivity contribution in [2.45, 2.75) is 13.0 Å². The molecule has 0 spiro atoms. The molecule has 27 heavy (non-hydrogen) atoms. The number of halogens is 1. The number of methoxy groups -OCH3 is 1. The Morgan fingerprint density at radius 2 is 1.96 bits per heavy atom. The van der Waals surface area contributed by atoms with Gasteiger partial charge in [0, 0.05) is 11.5 Å². The third-order valence-electron chi connectivity index (χ3n) is 4.13. The van der Waals surface area contributed by atoms with Crippen molar-refractivity contribution in [3.63, 3.8) is 0 Å². The Morgan fingerprint density at radius 3 is 2.59 bits per heavy atom. The Morgan fingerprint density at radius 1 is 1.30 bits per heavy atom. The number of fused-ring (bicyclic) bond motifs is 1. The van der Waals surface area contributed by atoms with E-state index in [1.54, 1.807) is 38.2 Å². The van der Waals surface area contributed by atoms with E-state index in [4.69, 9.17) is 4.74 Å². The molecule has 140 valence electrons. The van der Waals surface area contributed by atoms with Crippen molar-refractivity contribution in [1.82, 2.24) is 14.9 Å². The molecule has 1 N–H and O–H groups in total. The zero-order valence-corrected chi connectivity index (χ0v) is 17.2. The SMILES string of the molecule is COC(=O)C(NC(=O)c1sc2ncn(C)c(=O)c2c1C)c1ccc(Br)cc1. The number of nitrogens with zero attached hydrogens (tertiary/aromatic N) is 2. The smallest absolute Gasteiger partial charge is 0.333 e. The molecule has 0 saturated carbocycles. The second-order valence-corrected chi connectivity index (χ2v) is 7.79. The first kappa shape index (κ1) is 19.2. The third kappa shape index (κ3) is 3.65. The second kappa shape index (κ2) is 7.61. The number of thiophene rings is 1. The minimum atomic E-state index is -0.962. The molecule has 0 aliphatic heterocycles. The van der Waals surface area contributed by atoms with Crippen LogP contribution < -0.4 is 10.9 Å². The zero-order chi connectivity index (χ0) is 19.7. The topological polar surface area (TPSA) is 90.3 Å². The van der Waals surface area contributed by atoms with Crippen LogP contribution in [0, 0.1) is 6.92 Å². The Balaban J connectivity index is 1.99. The van der Waals surface area contributed by atoms with Gasteiger partial charge in [0.05, 0.1) is 23.7 Å². The van der Waals surface area contributed by atoms with Gasteiger partial charge in [-0.1, -0.05) is 28.1 Å². The van der Waals surface area contributed by atoms with Gasteiger partial charge >= 0.3 is 5.97 Å². The van der Waals surface area contributed by atoms with Crippen molar-refractivity contribution in [2.75, 3.05) is 7.11 Å². The van der Waals surface area contributed by atoms with Crippen LogP contribution in [-0.4, -0.2) is 28.5 Å². The van der Waals surface area contributed by atoms with Crippen LogP contribution >= 0.6 is 27.3 Å². The molecule has 0 aliphatic carbocycles. The fraction of sp³-hybridized carbons (Fsp3) is 0.222. The lowest BCUT2D eigenvalue weighted by atomic mass is 10.1. The second-order valence-electron chi connectivity index (χ2n) is 5.88. The Bertz CT molecular complexity index is 1090. The lowest BCUT2D eigenvalue weighted by molar-refractivity contribution is -0.143. The standard InChI is InChI=1S/C18H16BrN3O4S/c1-9-12-16(20-8-22(2)17(12)24)27-14(9)15(23)21-13(18(25)26-3)10-4-6-11(19)7-5-10/h4-8,13H,1-3H3,(H,21,23). The molecule has 3 aromatic rings. The highest BCUT2D eigenvalue weighted by Crippen LogP contribution is 2.27. The van der Waals surface area contributed by atoms with E-state index >= 15 is 0 Å². The lowest BCUT2D eigenvalue weighted by Gasteiger charge is -2.16. The van der Waals surface area contributed by atoms with Crippen molar-refractivity contribution >= 4 is 49.4 Å². The van der Waals surface area contributed by atoms with Crippen LogP contribution in [0.2, 0.25) is 0 Å². The predicted molar refractivity (Wildman–Crippen MR) is 106 cm³/mol. The minimum Gasteiger partial charge on any atom is -0.467 e. The molecule has 1 amide bonds. The number of amides is 1. The van der Waals surface area contributed by atoms with E-state index in [9.17, 15) is 14.4 Å². The maximum Gasteiger partial charge on any atom is 0.333 e. The number of aromatic nitrogens is 2. The number of aryl methyl sites for hydroxylation is 2. The number of benzene rings is 1. The molecule has 0 aliphatic rings. The van der Waals surface area contributed by atoms with Crippen molar-refractivity contribution in [2.24, 2.45) is 7.05 Å². The van der Waals surface area contributed by atoms with E-state index in [1.807, 2.05) is 0 Å². The van der Waals surface area contributed by atoms with Gasteiger partial charge in [0.2, 0.25) is 0 Å². The summed E-state index contributed by atoms with van der Waals surface area (Å²) in [7, 11) is 2.87. The first-order valence-electron chi connectivity index (χ1n) is 7.92. The van der Waals surface area contributed by atoms with Gasteiger partial charge in [-0.25, -0.2) is 9.78 Å². The highest BCUT2D eigenvalue weighted by molar-refractivity contribution is 9.10. The van der Waals surface area contributed by atoms with Gasteiger partial charge in [0.15, 0.2) is 6.04 Å². The lowest BCUT2D eigenvalue weighted by Crippen LogP contribution is -2.34. The van der Waals surface area contributed by atoms with Crippen LogP contribution in [0.3, 0.4) is 0 Å². The first-order valence-corrected chi connectivity index (χ1v) is 9.53. The van der Waals surface area contributed by atoms with E-state index in [-0.39, 0.29) is 5.56 Å². The summed E-state index contributed by atoms with van der Waals surface area (Å²) in [5.41, 5.74) is 0.914. The molecule has 0 bridgehead atoms. The Labute approximate surface area is 167 Å². The maximum absolute atomic E-state index is 12.8. The van der Waals surface area contributed by atoms with Crippen LogP contribution in [0.1, 0.15) is 26.8 Å². The van der Waals surface area contributed by atoms with Gasteiger partial charge in [-0.2, -0.15) is 0 Å². The van der Waals surface area contributed by atoms with E-state index in [2.05, 4.69) is 26.2 Å². The summed E-state index contributed by atoms with van der Waals surface area (Å²) in [5, 5.41) is 3.11. The van der Waals surface area contributed by atoms with Gasteiger partial charge in [-0.05, 0) is 30.2 Å². The largest absolute Gasteiger partial charge is 0.467 e. The molecule has 1 atom stereocenters. The molecule has 0 radical (unpaired) electrons. The van der Waals surface area contributed by atoms with Gasteiger partial charge < -0.3 is 14.6 Å². The average molecular weight is 450 g/mol. The number of hydrogen-bond donors (Lipinski definition) is 1. The summed E-state index contributed by atoms with van der Waals surface area (Å²) < 4.78 is 7.04. The number of nitrogens with one attached hydrogen (secondary N) is 1. The van der Waals surface area contributed by atoms with Crippen LogP contribution in [0.15, 0.2) is 39.9 Å². The number of ether oxygens (including phenoxy) is 1. The molecule has 1 aromatic carbocycles. The molecule has 7 nitrogen and oxygen atoms in total. The van der Waals surface area contributed by atoms with Crippen LogP contribution in [0.25, 0.3) is 10.2 Å². The van der Waals surface area contributed by atoms with Crippen LogP contribution in [0.5, 0.6) is 0 Å². The molecule has 0 fully saturated rings. The molecule has 0 saturated heterocycles. The highest BCUT2D eigenvalue weighted by atomic mass is 79.9. The number of hydrogen-bond acceptors (Lipinski definition) is 6. The van der Waals surface area contributed by atoms with E-state index in [1.165, 1.54) is 18.0 Å². The summed E-state index contributed by atoms with van der Waals surface area (Å²) in [6.07, 6.45) is 1.42. The molecule has 2 heterocycles. The monoisotopic (exact) mass is 449 g/mol. The molecule has 1 unspecified atom stereocenters. The highest BCUT2D eigenvalue weighted by Gasteiger charge is 2.27. The van der Waals surface area contributed by atoms with Gasteiger partial charge in [-0.15, -0.1) is 11.3 Å². The molecular weight excluding hydrogens is 434 g/mol. The van der Waals surface area contributed by atoms with Gasteiger partial charge in [0.1, 0.15) is 4.83 Å². The van der Waals surface area contributed by atoms with E-state index in [0.29, 0.717) is 26.2 Å². The van der Waals surface area contributed by atoms with Crippen molar-refractivity contribution in [3.05, 3.63) is 61.4 Å². The maximum atomic E-state index is 12.8. The first-order chi connectivity index (χ1) is 12.8. The third-order valence-corrected chi connectivity index (χ3v) is 5.86. The Hall–Kier alpha value is -2.52. The van der Waals surface area contributed by atoms with Crippen LogP contribution in [-0.2, 0) is 16.6 Å². The molecule has 2 aromatic heterocycles. The fourth-order valence-electron chi connectivity index (χ4n) is 2.67. The summed E-state index contributed by atoms with van der Waals surface area (Å²) in [4.78, 5) is 42.4. The zero-order valence-electron chi connectivity index (χ0n) is 14.8. The number of esters is 1.